The Morgan fingerprint density at radius 1 is 1.20 bits per heavy atom. The molecule has 2 aliphatic heterocycles. The van der Waals surface area contributed by atoms with Crippen LogP contribution in [-0.4, -0.2) is 50.3 Å². The third-order valence-electron chi connectivity index (χ3n) is 5.36. The van der Waals surface area contributed by atoms with E-state index in [9.17, 15) is 0 Å². The van der Waals surface area contributed by atoms with E-state index in [-0.39, 0.29) is 0 Å². The number of benzene rings is 1. The van der Waals surface area contributed by atoms with Crippen LogP contribution in [0.5, 0.6) is 5.75 Å². The van der Waals surface area contributed by atoms with E-state index < -0.39 is 0 Å². The first-order valence-corrected chi connectivity index (χ1v) is 8.69. The van der Waals surface area contributed by atoms with E-state index >= 15 is 0 Å². The van der Waals surface area contributed by atoms with Crippen molar-refractivity contribution in [2.45, 2.75) is 26.5 Å². The molecule has 0 saturated carbocycles. The highest BCUT2D eigenvalue weighted by Crippen LogP contribution is 2.35. The van der Waals surface area contributed by atoms with Crippen LogP contribution in [0.1, 0.15) is 25.0 Å². The SMILES string of the molecule is C=C1C(C)=CC(c2ccc(CN3CC(OC)C3)c(OC)c2)=C(C)N1C. The van der Waals surface area contributed by atoms with Crippen molar-refractivity contribution in [3.8, 4) is 5.75 Å². The van der Waals surface area contributed by atoms with Crippen LogP contribution in [-0.2, 0) is 11.3 Å². The van der Waals surface area contributed by atoms with Crippen molar-refractivity contribution in [3.63, 3.8) is 0 Å². The summed E-state index contributed by atoms with van der Waals surface area (Å²) in [6.07, 6.45) is 2.59. The number of nitrogens with zero attached hydrogens (tertiary/aromatic N) is 2. The van der Waals surface area contributed by atoms with Crippen LogP contribution in [0.4, 0.5) is 0 Å². The molecule has 3 rings (SSSR count). The molecule has 2 heterocycles. The summed E-state index contributed by atoms with van der Waals surface area (Å²) in [4.78, 5) is 4.52. The smallest absolute Gasteiger partial charge is 0.123 e. The first kappa shape index (κ1) is 17.8. The van der Waals surface area contributed by atoms with Crippen LogP contribution in [0.2, 0.25) is 0 Å². The molecule has 0 aromatic heterocycles. The Bertz CT molecular complexity index is 742. The molecule has 0 spiro atoms. The molecule has 0 unspecified atom stereocenters. The lowest BCUT2D eigenvalue weighted by molar-refractivity contribution is -0.0336. The quantitative estimate of drug-likeness (QED) is 0.817. The Labute approximate surface area is 151 Å². The summed E-state index contributed by atoms with van der Waals surface area (Å²) >= 11 is 0. The summed E-state index contributed by atoms with van der Waals surface area (Å²) in [5, 5.41) is 0. The summed E-state index contributed by atoms with van der Waals surface area (Å²) in [5.41, 5.74) is 7.06. The zero-order chi connectivity index (χ0) is 18.1. The average Bonchev–Trinajstić information content (AvgIpc) is 2.59. The number of rotatable bonds is 5. The molecule has 25 heavy (non-hydrogen) atoms. The second-order valence-electron chi connectivity index (χ2n) is 6.91. The van der Waals surface area contributed by atoms with Gasteiger partial charge in [0.1, 0.15) is 5.75 Å². The van der Waals surface area contributed by atoms with E-state index in [1.54, 1.807) is 14.2 Å². The lowest BCUT2D eigenvalue weighted by atomic mass is 9.95. The van der Waals surface area contributed by atoms with Gasteiger partial charge in [-0.15, -0.1) is 0 Å². The zero-order valence-electron chi connectivity index (χ0n) is 15.9. The Morgan fingerprint density at radius 2 is 1.92 bits per heavy atom. The fourth-order valence-corrected chi connectivity index (χ4v) is 3.43. The molecule has 4 heteroatoms. The van der Waals surface area contributed by atoms with Crippen molar-refractivity contribution in [3.05, 3.63) is 58.9 Å². The van der Waals surface area contributed by atoms with E-state index in [2.05, 4.69) is 61.5 Å². The summed E-state index contributed by atoms with van der Waals surface area (Å²) < 4.78 is 11.0. The molecule has 0 amide bonds. The van der Waals surface area contributed by atoms with E-state index in [1.165, 1.54) is 28.0 Å². The summed E-state index contributed by atoms with van der Waals surface area (Å²) in [6, 6.07) is 6.52. The van der Waals surface area contributed by atoms with E-state index in [0.717, 1.165) is 31.1 Å². The van der Waals surface area contributed by atoms with Crippen molar-refractivity contribution in [2.75, 3.05) is 34.4 Å². The third kappa shape index (κ3) is 3.37. The van der Waals surface area contributed by atoms with Crippen LogP contribution < -0.4 is 4.74 Å². The highest BCUT2D eigenvalue weighted by Gasteiger charge is 2.27. The highest BCUT2D eigenvalue weighted by atomic mass is 16.5. The van der Waals surface area contributed by atoms with Crippen molar-refractivity contribution < 1.29 is 9.47 Å². The topological polar surface area (TPSA) is 24.9 Å². The Kier molecular flexibility index (Phi) is 5.02. The lowest BCUT2D eigenvalue weighted by Crippen LogP contribution is -2.50. The van der Waals surface area contributed by atoms with Crippen molar-refractivity contribution in [1.82, 2.24) is 9.80 Å². The fourth-order valence-electron chi connectivity index (χ4n) is 3.43. The maximum absolute atomic E-state index is 5.68. The highest BCUT2D eigenvalue weighted by molar-refractivity contribution is 5.80. The number of ether oxygens (including phenoxy) is 2. The predicted octanol–water partition coefficient (Wildman–Crippen LogP) is 3.66. The van der Waals surface area contributed by atoms with Crippen molar-refractivity contribution in [1.29, 1.82) is 0 Å². The number of allylic oxidation sites excluding steroid dienone is 4. The first-order chi connectivity index (χ1) is 11.9. The molecule has 1 aromatic carbocycles. The zero-order valence-corrected chi connectivity index (χ0v) is 15.9. The minimum Gasteiger partial charge on any atom is -0.496 e. The monoisotopic (exact) mass is 340 g/mol. The van der Waals surface area contributed by atoms with E-state index in [1.807, 2.05) is 0 Å². The van der Waals surface area contributed by atoms with Gasteiger partial charge in [0.2, 0.25) is 0 Å². The molecule has 4 nitrogen and oxygen atoms in total. The first-order valence-electron chi connectivity index (χ1n) is 8.69. The fraction of sp³-hybridized carbons (Fsp3) is 0.429. The standard InChI is InChI=1S/C21H28N2O2/c1-14-9-20(16(3)22(4)15(14)2)17-7-8-18(21(10-17)25-6)11-23-12-19(13-23)24-5/h7-10,19H,2,11-13H2,1,3-6H3. The van der Waals surface area contributed by atoms with Crippen molar-refractivity contribution >= 4 is 5.57 Å². The molecule has 1 fully saturated rings. The van der Waals surface area contributed by atoms with Crippen LogP contribution in [0.3, 0.4) is 0 Å². The molecular weight excluding hydrogens is 312 g/mol. The minimum absolute atomic E-state index is 0.372. The van der Waals surface area contributed by atoms with Gasteiger partial charge in [0.15, 0.2) is 0 Å². The van der Waals surface area contributed by atoms with Crippen LogP contribution in [0.25, 0.3) is 5.57 Å². The van der Waals surface area contributed by atoms with Gasteiger partial charge in [0.05, 0.1) is 13.2 Å². The van der Waals surface area contributed by atoms with Crippen LogP contribution in [0.15, 0.2) is 47.8 Å². The third-order valence-corrected chi connectivity index (χ3v) is 5.36. The van der Waals surface area contributed by atoms with Gasteiger partial charge in [-0.3, -0.25) is 4.90 Å². The van der Waals surface area contributed by atoms with Gasteiger partial charge in [-0.05, 0) is 37.1 Å². The molecule has 1 aromatic rings. The van der Waals surface area contributed by atoms with Gasteiger partial charge in [-0.2, -0.15) is 0 Å². The lowest BCUT2D eigenvalue weighted by Gasteiger charge is -2.38. The molecular formula is C21H28N2O2. The van der Waals surface area contributed by atoms with E-state index in [0.29, 0.717) is 6.10 Å². The Morgan fingerprint density at radius 3 is 2.56 bits per heavy atom. The normalized spacial score (nSPS) is 19.2. The van der Waals surface area contributed by atoms with E-state index in [4.69, 9.17) is 9.47 Å². The molecule has 1 saturated heterocycles. The van der Waals surface area contributed by atoms with Crippen molar-refractivity contribution in [2.24, 2.45) is 0 Å². The Hall–Kier alpha value is -2.04. The number of likely N-dealkylation sites (tertiary alicyclic amines) is 1. The second kappa shape index (κ2) is 7.06. The predicted molar refractivity (Wildman–Crippen MR) is 102 cm³/mol. The molecule has 134 valence electrons. The van der Waals surface area contributed by atoms with Gasteiger partial charge < -0.3 is 14.4 Å². The largest absolute Gasteiger partial charge is 0.496 e. The summed E-state index contributed by atoms with van der Waals surface area (Å²) in [5.74, 6) is 0.941. The summed E-state index contributed by atoms with van der Waals surface area (Å²) in [7, 11) is 5.59. The van der Waals surface area contributed by atoms with Crippen LogP contribution in [0, 0.1) is 0 Å². The molecule has 0 radical (unpaired) electrons. The molecule has 0 aliphatic carbocycles. The van der Waals surface area contributed by atoms with Gasteiger partial charge in [-0.25, -0.2) is 0 Å². The second-order valence-corrected chi connectivity index (χ2v) is 6.91. The van der Waals surface area contributed by atoms with Gasteiger partial charge in [0, 0.05) is 56.3 Å². The molecule has 0 bridgehead atoms. The maximum Gasteiger partial charge on any atom is 0.123 e. The number of hydrogen-bond acceptors (Lipinski definition) is 4. The molecule has 0 N–H and O–H groups in total. The molecule has 2 aliphatic rings. The Balaban J connectivity index is 1.86. The number of hydrogen-bond donors (Lipinski definition) is 0. The molecule has 0 atom stereocenters. The minimum atomic E-state index is 0.372. The van der Waals surface area contributed by atoms with Gasteiger partial charge in [-0.1, -0.05) is 18.7 Å². The maximum atomic E-state index is 5.68. The summed E-state index contributed by atoms with van der Waals surface area (Å²) in [6.45, 7) is 11.3. The number of likely N-dealkylation sites (N-methyl/N-ethyl adjacent to an activating group) is 1. The van der Waals surface area contributed by atoms with Gasteiger partial charge in [0.25, 0.3) is 0 Å². The van der Waals surface area contributed by atoms with Crippen LogP contribution >= 0.6 is 0 Å². The van der Waals surface area contributed by atoms with Gasteiger partial charge >= 0.3 is 0 Å². The average molecular weight is 340 g/mol. The number of methoxy groups -OCH3 is 2.